The Hall–Kier alpha value is -3.08. The van der Waals surface area contributed by atoms with Gasteiger partial charge in [-0.1, -0.05) is 54.6 Å². The molecule has 0 aromatic heterocycles. The number of carbonyl (C=O) groups is 2. The first-order valence-corrected chi connectivity index (χ1v) is 9.11. The van der Waals surface area contributed by atoms with Gasteiger partial charge in [-0.05, 0) is 23.8 Å². The molecule has 5 heteroatoms. The average molecular weight is 363 g/mol. The van der Waals surface area contributed by atoms with Crippen LogP contribution in [0.1, 0.15) is 15.9 Å². The second kappa shape index (κ2) is 7.66. The van der Waals surface area contributed by atoms with E-state index in [1.165, 1.54) is 0 Å². The molecule has 0 N–H and O–H groups in total. The minimum atomic E-state index is -0.337. The summed E-state index contributed by atoms with van der Waals surface area (Å²) < 4.78 is 11.1. The van der Waals surface area contributed by atoms with E-state index >= 15 is 0 Å². The van der Waals surface area contributed by atoms with Crippen molar-refractivity contribution in [2.75, 3.05) is 13.1 Å². The lowest BCUT2D eigenvalue weighted by Crippen LogP contribution is -2.32. The fraction of sp³-hybridized carbons (Fsp3) is 0.273. The zero-order valence-electron chi connectivity index (χ0n) is 14.9. The van der Waals surface area contributed by atoms with Crippen molar-refractivity contribution in [1.82, 2.24) is 4.90 Å². The van der Waals surface area contributed by atoms with Crippen molar-refractivity contribution in [3.63, 3.8) is 0 Å². The lowest BCUT2D eigenvalue weighted by Gasteiger charge is -2.20. The van der Waals surface area contributed by atoms with Gasteiger partial charge in [-0.25, -0.2) is 9.59 Å². The van der Waals surface area contributed by atoms with Crippen molar-refractivity contribution >= 4 is 12.1 Å². The zero-order valence-corrected chi connectivity index (χ0v) is 14.9. The SMILES string of the molecule is O=C(OC1C=CC2CN(C(=O)OCc3ccccc3)CC21)c1ccccc1. The number of ether oxygens (including phenoxy) is 2. The van der Waals surface area contributed by atoms with Gasteiger partial charge in [0, 0.05) is 24.9 Å². The van der Waals surface area contributed by atoms with Crippen molar-refractivity contribution in [2.45, 2.75) is 12.7 Å². The molecule has 1 heterocycles. The molecule has 3 unspecified atom stereocenters. The van der Waals surface area contributed by atoms with E-state index < -0.39 is 0 Å². The van der Waals surface area contributed by atoms with Crippen LogP contribution in [-0.4, -0.2) is 36.2 Å². The molecule has 27 heavy (non-hydrogen) atoms. The van der Waals surface area contributed by atoms with Crippen molar-refractivity contribution in [2.24, 2.45) is 11.8 Å². The first-order chi connectivity index (χ1) is 13.2. The number of hydrogen-bond donors (Lipinski definition) is 0. The average Bonchev–Trinajstić information content (AvgIpc) is 3.29. The number of esters is 1. The highest BCUT2D eigenvalue weighted by atomic mass is 16.6. The van der Waals surface area contributed by atoms with Gasteiger partial charge < -0.3 is 14.4 Å². The summed E-state index contributed by atoms with van der Waals surface area (Å²) in [7, 11) is 0. The highest BCUT2D eigenvalue weighted by Crippen LogP contribution is 2.35. The van der Waals surface area contributed by atoms with Crippen LogP contribution in [0.5, 0.6) is 0 Å². The Morgan fingerprint density at radius 2 is 1.63 bits per heavy atom. The van der Waals surface area contributed by atoms with Crippen LogP contribution in [0.3, 0.4) is 0 Å². The second-order valence-corrected chi connectivity index (χ2v) is 6.89. The first-order valence-electron chi connectivity index (χ1n) is 9.11. The summed E-state index contributed by atoms with van der Waals surface area (Å²) in [4.78, 5) is 26.4. The smallest absolute Gasteiger partial charge is 0.410 e. The molecule has 1 saturated heterocycles. The zero-order chi connectivity index (χ0) is 18.6. The van der Waals surface area contributed by atoms with Gasteiger partial charge in [0.2, 0.25) is 0 Å². The van der Waals surface area contributed by atoms with Gasteiger partial charge in [0.05, 0.1) is 5.56 Å². The minimum Gasteiger partial charge on any atom is -0.454 e. The topological polar surface area (TPSA) is 55.8 Å². The van der Waals surface area contributed by atoms with Gasteiger partial charge in [0.25, 0.3) is 0 Å². The van der Waals surface area contributed by atoms with Crippen LogP contribution < -0.4 is 0 Å². The third-order valence-electron chi connectivity index (χ3n) is 5.10. The summed E-state index contributed by atoms with van der Waals surface area (Å²) in [6, 6.07) is 18.6. The number of nitrogens with zero attached hydrogens (tertiary/aromatic N) is 1. The molecular weight excluding hydrogens is 342 g/mol. The number of carbonyl (C=O) groups excluding carboxylic acids is 2. The van der Waals surface area contributed by atoms with Crippen molar-refractivity contribution in [1.29, 1.82) is 0 Å². The van der Waals surface area contributed by atoms with Crippen LogP contribution in [0.2, 0.25) is 0 Å². The Morgan fingerprint density at radius 1 is 0.926 bits per heavy atom. The highest BCUT2D eigenvalue weighted by Gasteiger charge is 2.43. The molecule has 1 amide bonds. The van der Waals surface area contributed by atoms with E-state index in [2.05, 4.69) is 0 Å². The van der Waals surface area contributed by atoms with Crippen LogP contribution in [0.15, 0.2) is 72.8 Å². The lowest BCUT2D eigenvalue weighted by molar-refractivity contribution is 0.0285. The Balaban J connectivity index is 1.32. The van der Waals surface area contributed by atoms with Crippen LogP contribution >= 0.6 is 0 Å². The summed E-state index contributed by atoms with van der Waals surface area (Å²) in [6.07, 6.45) is 3.34. The summed E-state index contributed by atoms with van der Waals surface area (Å²) in [5.41, 5.74) is 1.49. The molecule has 1 aliphatic heterocycles. The van der Waals surface area contributed by atoms with Gasteiger partial charge in [0.15, 0.2) is 0 Å². The van der Waals surface area contributed by atoms with Gasteiger partial charge in [-0.3, -0.25) is 0 Å². The molecule has 5 nitrogen and oxygen atoms in total. The number of amides is 1. The van der Waals surface area contributed by atoms with Crippen LogP contribution in [0, 0.1) is 11.8 Å². The predicted octanol–water partition coefficient (Wildman–Crippen LogP) is 3.67. The number of hydrogen-bond acceptors (Lipinski definition) is 4. The number of benzene rings is 2. The van der Waals surface area contributed by atoms with Crippen molar-refractivity contribution in [3.8, 4) is 0 Å². The molecule has 0 saturated carbocycles. The van der Waals surface area contributed by atoms with E-state index in [9.17, 15) is 9.59 Å². The molecule has 0 spiro atoms. The summed E-state index contributed by atoms with van der Waals surface area (Å²) >= 11 is 0. The fourth-order valence-electron chi connectivity index (χ4n) is 3.65. The van der Waals surface area contributed by atoms with E-state index in [0.29, 0.717) is 18.7 Å². The van der Waals surface area contributed by atoms with Gasteiger partial charge in [-0.2, -0.15) is 0 Å². The molecule has 2 aromatic rings. The van der Waals surface area contributed by atoms with E-state index in [0.717, 1.165) is 5.56 Å². The second-order valence-electron chi connectivity index (χ2n) is 6.89. The van der Waals surface area contributed by atoms with Crippen LogP contribution in [-0.2, 0) is 16.1 Å². The maximum Gasteiger partial charge on any atom is 0.410 e. The van der Waals surface area contributed by atoms with Gasteiger partial charge in [0.1, 0.15) is 12.7 Å². The number of fused-ring (bicyclic) bond motifs is 1. The minimum absolute atomic E-state index is 0.0851. The number of likely N-dealkylation sites (tertiary alicyclic amines) is 1. The molecule has 2 aliphatic rings. The van der Waals surface area contributed by atoms with Crippen molar-refractivity contribution < 1.29 is 19.1 Å². The monoisotopic (exact) mass is 363 g/mol. The summed E-state index contributed by atoms with van der Waals surface area (Å²) in [6.45, 7) is 1.37. The lowest BCUT2D eigenvalue weighted by atomic mass is 9.98. The van der Waals surface area contributed by atoms with E-state index in [1.807, 2.05) is 60.7 Å². The maximum absolute atomic E-state index is 12.4. The Kier molecular flexibility index (Phi) is 4.92. The largest absolute Gasteiger partial charge is 0.454 e. The van der Waals surface area contributed by atoms with Gasteiger partial charge >= 0.3 is 12.1 Å². The molecular formula is C22H21NO4. The Labute approximate surface area is 158 Å². The highest BCUT2D eigenvalue weighted by molar-refractivity contribution is 5.89. The molecule has 4 rings (SSSR count). The third kappa shape index (κ3) is 3.87. The van der Waals surface area contributed by atoms with E-state index in [-0.39, 0.29) is 36.6 Å². The Morgan fingerprint density at radius 3 is 2.37 bits per heavy atom. The maximum atomic E-state index is 12.4. The van der Waals surface area contributed by atoms with Crippen molar-refractivity contribution in [3.05, 3.63) is 83.9 Å². The van der Waals surface area contributed by atoms with E-state index in [1.54, 1.807) is 17.0 Å². The molecule has 2 aromatic carbocycles. The molecule has 0 bridgehead atoms. The van der Waals surface area contributed by atoms with Crippen LogP contribution in [0.25, 0.3) is 0 Å². The van der Waals surface area contributed by atoms with Gasteiger partial charge in [-0.15, -0.1) is 0 Å². The molecule has 0 radical (unpaired) electrons. The quantitative estimate of drug-likeness (QED) is 0.614. The summed E-state index contributed by atoms with van der Waals surface area (Å²) in [5.74, 6) is -0.0548. The molecule has 1 fully saturated rings. The molecule has 1 aliphatic carbocycles. The molecule has 138 valence electrons. The number of rotatable bonds is 4. The van der Waals surface area contributed by atoms with E-state index in [4.69, 9.17) is 9.47 Å². The summed E-state index contributed by atoms with van der Waals surface area (Å²) in [5, 5.41) is 0. The third-order valence-corrected chi connectivity index (χ3v) is 5.10. The predicted molar refractivity (Wildman–Crippen MR) is 100.0 cm³/mol. The fourth-order valence-corrected chi connectivity index (χ4v) is 3.65. The standard InChI is InChI=1S/C22H21NO4/c24-21(17-9-5-2-6-10-17)27-20-12-11-18-13-23(14-19(18)20)22(25)26-15-16-7-3-1-4-8-16/h1-12,18-20H,13-15H2. The van der Waals surface area contributed by atoms with Crippen LogP contribution in [0.4, 0.5) is 4.79 Å². The molecule has 3 atom stereocenters. The Bertz CT molecular complexity index is 834. The normalized spacial score (nSPS) is 23.1. The first kappa shape index (κ1) is 17.3.